The molecule has 23 heavy (non-hydrogen) atoms. The molecule has 0 atom stereocenters. The quantitative estimate of drug-likeness (QED) is 0.613. The number of nitrogens with one attached hydrogen (secondary N) is 1. The Balaban J connectivity index is 2.05. The van der Waals surface area contributed by atoms with Crippen LogP contribution in [0.25, 0.3) is 0 Å². The average Bonchev–Trinajstić information content (AvgIpc) is 2.55. The molecule has 0 aliphatic carbocycles. The molecule has 0 saturated heterocycles. The van der Waals surface area contributed by atoms with Crippen molar-refractivity contribution in [3.05, 3.63) is 52.3 Å². The molecule has 0 spiro atoms. The van der Waals surface area contributed by atoms with Crippen LogP contribution in [0.1, 0.15) is 5.56 Å². The topological polar surface area (TPSA) is 68.9 Å². The van der Waals surface area contributed by atoms with Gasteiger partial charge < -0.3 is 20.5 Å². The Morgan fingerprint density at radius 1 is 1.17 bits per heavy atom. The molecule has 0 radical (unpaired) electrons. The zero-order valence-electron chi connectivity index (χ0n) is 12.8. The monoisotopic (exact) mass is 381 g/mol. The van der Waals surface area contributed by atoms with Crippen molar-refractivity contribution in [2.75, 3.05) is 19.5 Å². The summed E-state index contributed by atoms with van der Waals surface area (Å²) in [6.45, 7) is 0.274. The second-order valence-corrected chi connectivity index (χ2v) is 5.50. The predicted molar refractivity (Wildman–Crippen MR) is 92.6 cm³/mol. The van der Waals surface area contributed by atoms with E-state index in [0.29, 0.717) is 21.7 Å². The number of hydrogen-bond donors (Lipinski definition) is 2. The third kappa shape index (κ3) is 4.59. The number of ether oxygens (including phenoxy) is 2. The van der Waals surface area contributed by atoms with Crippen molar-refractivity contribution in [2.45, 2.75) is 6.54 Å². The van der Waals surface area contributed by atoms with Gasteiger partial charge in [-0.3, -0.25) is 0 Å². The molecule has 3 N–H and O–H groups in total. The fourth-order valence-corrected chi connectivity index (χ4v) is 2.16. The van der Waals surface area contributed by atoms with E-state index in [0.717, 1.165) is 5.56 Å². The minimum Gasteiger partial charge on any atom is -0.493 e. The van der Waals surface area contributed by atoms with Crippen molar-refractivity contribution < 1.29 is 13.9 Å². The number of guanidine groups is 1. The van der Waals surface area contributed by atoms with E-state index in [4.69, 9.17) is 15.2 Å². The van der Waals surface area contributed by atoms with E-state index in [1.54, 1.807) is 44.6 Å². The first-order valence-corrected chi connectivity index (χ1v) is 7.55. The van der Waals surface area contributed by atoms with Crippen LogP contribution in [-0.2, 0) is 6.54 Å². The smallest absolute Gasteiger partial charge is 0.193 e. The van der Waals surface area contributed by atoms with E-state index in [2.05, 4.69) is 26.2 Å². The molecule has 0 aliphatic rings. The maximum atomic E-state index is 13.4. The molecule has 122 valence electrons. The number of anilines is 1. The standard InChI is InChI=1S/C16H17BrFN3O2/c1-22-14-6-4-11(8-15(14)23-2)21-16(19)20-9-10-3-5-12(17)13(18)7-10/h3-8H,9H2,1-2H3,(H3,19,20,21). The molecule has 2 aromatic carbocycles. The van der Waals surface area contributed by atoms with Crippen molar-refractivity contribution in [3.63, 3.8) is 0 Å². The molecule has 0 aromatic heterocycles. The molecule has 2 rings (SSSR count). The number of nitrogens with two attached hydrogens (primary N) is 1. The Labute approximate surface area is 142 Å². The Kier molecular flexibility index (Phi) is 5.81. The lowest BCUT2D eigenvalue weighted by atomic mass is 10.2. The first-order valence-electron chi connectivity index (χ1n) is 6.76. The van der Waals surface area contributed by atoms with E-state index in [-0.39, 0.29) is 18.3 Å². The third-order valence-corrected chi connectivity index (χ3v) is 3.72. The second-order valence-electron chi connectivity index (χ2n) is 4.64. The summed E-state index contributed by atoms with van der Waals surface area (Å²) in [7, 11) is 3.12. The van der Waals surface area contributed by atoms with Gasteiger partial charge in [0.2, 0.25) is 0 Å². The number of hydrogen-bond acceptors (Lipinski definition) is 3. The van der Waals surface area contributed by atoms with Crippen molar-refractivity contribution in [1.82, 2.24) is 0 Å². The summed E-state index contributed by atoms with van der Waals surface area (Å²) < 4.78 is 24.2. The van der Waals surface area contributed by atoms with Crippen molar-refractivity contribution >= 4 is 27.6 Å². The van der Waals surface area contributed by atoms with Gasteiger partial charge in [-0.05, 0) is 45.8 Å². The highest BCUT2D eigenvalue weighted by Gasteiger charge is 2.05. The minimum absolute atomic E-state index is 0.223. The van der Waals surface area contributed by atoms with Crippen LogP contribution < -0.4 is 20.5 Å². The molecule has 5 nitrogen and oxygen atoms in total. The van der Waals surface area contributed by atoms with Crippen LogP contribution in [0.2, 0.25) is 0 Å². The maximum Gasteiger partial charge on any atom is 0.193 e. The summed E-state index contributed by atoms with van der Waals surface area (Å²) in [5.41, 5.74) is 7.29. The SMILES string of the molecule is COc1ccc(NC(N)=NCc2ccc(Br)c(F)c2)cc1OC. The number of rotatable bonds is 5. The van der Waals surface area contributed by atoms with Gasteiger partial charge in [-0.15, -0.1) is 0 Å². The number of aliphatic imine (C=N–C) groups is 1. The fourth-order valence-electron chi connectivity index (χ4n) is 1.92. The summed E-state index contributed by atoms with van der Waals surface area (Å²) in [4.78, 5) is 4.19. The Hall–Kier alpha value is -2.28. The summed E-state index contributed by atoms with van der Waals surface area (Å²) in [6.07, 6.45) is 0. The Morgan fingerprint density at radius 2 is 1.91 bits per heavy atom. The first kappa shape index (κ1) is 17.1. The molecule has 0 amide bonds. The van der Waals surface area contributed by atoms with E-state index in [1.165, 1.54) is 6.07 Å². The normalized spacial score (nSPS) is 11.2. The van der Waals surface area contributed by atoms with Gasteiger partial charge in [0, 0.05) is 11.8 Å². The van der Waals surface area contributed by atoms with Crippen molar-refractivity contribution in [1.29, 1.82) is 0 Å². The molecule has 7 heteroatoms. The Morgan fingerprint density at radius 3 is 2.57 bits per heavy atom. The molecule has 0 aliphatic heterocycles. The number of nitrogens with zero attached hydrogens (tertiary/aromatic N) is 1. The molecule has 0 unspecified atom stereocenters. The van der Waals surface area contributed by atoms with Crippen LogP contribution >= 0.6 is 15.9 Å². The van der Waals surface area contributed by atoms with Gasteiger partial charge in [0.15, 0.2) is 17.5 Å². The first-order chi connectivity index (χ1) is 11.0. The highest BCUT2D eigenvalue weighted by atomic mass is 79.9. The van der Waals surface area contributed by atoms with E-state index < -0.39 is 0 Å². The molecule has 0 saturated carbocycles. The summed E-state index contributed by atoms with van der Waals surface area (Å²) in [5.74, 6) is 1.10. The highest BCUT2D eigenvalue weighted by molar-refractivity contribution is 9.10. The van der Waals surface area contributed by atoms with Crippen LogP contribution in [0.5, 0.6) is 11.5 Å². The zero-order valence-corrected chi connectivity index (χ0v) is 14.4. The molecule has 0 bridgehead atoms. The highest BCUT2D eigenvalue weighted by Crippen LogP contribution is 2.29. The van der Waals surface area contributed by atoms with Crippen LogP contribution in [0.4, 0.5) is 10.1 Å². The molecular formula is C16H17BrFN3O2. The Bertz CT molecular complexity index is 722. The zero-order chi connectivity index (χ0) is 16.8. The van der Waals surface area contributed by atoms with Gasteiger partial charge in [-0.2, -0.15) is 0 Å². The van der Waals surface area contributed by atoms with E-state index in [1.807, 2.05) is 0 Å². The molecule has 0 fully saturated rings. The second kappa shape index (κ2) is 7.82. The van der Waals surface area contributed by atoms with Crippen molar-refractivity contribution in [2.24, 2.45) is 10.7 Å². The molecule has 0 heterocycles. The van der Waals surface area contributed by atoms with Crippen LogP contribution in [-0.4, -0.2) is 20.2 Å². The van der Waals surface area contributed by atoms with Gasteiger partial charge in [0.25, 0.3) is 0 Å². The van der Waals surface area contributed by atoms with Gasteiger partial charge in [0.05, 0.1) is 25.2 Å². The van der Waals surface area contributed by atoms with Gasteiger partial charge >= 0.3 is 0 Å². The van der Waals surface area contributed by atoms with Crippen LogP contribution in [0.15, 0.2) is 45.9 Å². The van der Waals surface area contributed by atoms with Gasteiger partial charge in [-0.1, -0.05) is 6.07 Å². The van der Waals surface area contributed by atoms with Crippen molar-refractivity contribution in [3.8, 4) is 11.5 Å². The van der Waals surface area contributed by atoms with E-state index >= 15 is 0 Å². The summed E-state index contributed by atoms with van der Waals surface area (Å²) in [5, 5.41) is 2.95. The average molecular weight is 382 g/mol. The number of halogens is 2. The largest absolute Gasteiger partial charge is 0.493 e. The predicted octanol–water partition coefficient (Wildman–Crippen LogP) is 3.53. The number of methoxy groups -OCH3 is 2. The fraction of sp³-hybridized carbons (Fsp3) is 0.188. The number of benzene rings is 2. The summed E-state index contributed by atoms with van der Waals surface area (Å²) >= 11 is 3.11. The lowest BCUT2D eigenvalue weighted by molar-refractivity contribution is 0.355. The summed E-state index contributed by atoms with van der Waals surface area (Å²) in [6, 6.07) is 10.1. The lowest BCUT2D eigenvalue weighted by Crippen LogP contribution is -2.22. The molecule has 2 aromatic rings. The lowest BCUT2D eigenvalue weighted by Gasteiger charge is -2.11. The van der Waals surface area contributed by atoms with Crippen LogP contribution in [0, 0.1) is 5.82 Å². The van der Waals surface area contributed by atoms with Gasteiger partial charge in [-0.25, -0.2) is 9.38 Å². The van der Waals surface area contributed by atoms with Crippen LogP contribution in [0.3, 0.4) is 0 Å². The molecular weight excluding hydrogens is 365 g/mol. The minimum atomic E-state index is -0.330. The third-order valence-electron chi connectivity index (χ3n) is 3.07. The van der Waals surface area contributed by atoms with Gasteiger partial charge in [0.1, 0.15) is 5.82 Å². The van der Waals surface area contributed by atoms with E-state index in [9.17, 15) is 4.39 Å². The maximum absolute atomic E-state index is 13.4.